The molecule has 18 nitrogen and oxygen atoms in total. The Morgan fingerprint density at radius 1 is 0.778 bits per heavy atom. The Kier molecular flexibility index (Phi) is 17.3. The van der Waals surface area contributed by atoms with E-state index >= 15 is 0 Å². The number of nitrogens with zero attached hydrogens (tertiary/aromatic N) is 4. The van der Waals surface area contributed by atoms with E-state index < -0.39 is 74.1 Å². The van der Waals surface area contributed by atoms with Gasteiger partial charge in [0.2, 0.25) is 5.91 Å². The summed E-state index contributed by atoms with van der Waals surface area (Å²) in [7, 11) is 0. The second kappa shape index (κ2) is 22.4. The molecule has 1 saturated heterocycles. The van der Waals surface area contributed by atoms with Gasteiger partial charge < -0.3 is 64.3 Å². The number of amides is 1. The molecule has 2 fully saturated rings. The number of hydrogen-bond acceptors (Lipinski definition) is 16. The number of ketones is 1. The first-order valence-corrected chi connectivity index (χ1v) is 21.8. The van der Waals surface area contributed by atoms with Crippen LogP contribution in [0, 0.1) is 11.3 Å². The molecule has 3 aromatic rings. The van der Waals surface area contributed by atoms with Gasteiger partial charge in [-0.1, -0.05) is 68.4 Å². The zero-order valence-corrected chi connectivity index (χ0v) is 36.3. The van der Waals surface area contributed by atoms with Gasteiger partial charge in [0.25, 0.3) is 0 Å². The van der Waals surface area contributed by atoms with Gasteiger partial charge in [-0.15, -0.1) is 5.10 Å². The summed E-state index contributed by atoms with van der Waals surface area (Å²) in [4.78, 5) is 28.5. The highest BCUT2D eigenvalue weighted by atomic mass is 16.6. The van der Waals surface area contributed by atoms with E-state index in [2.05, 4.69) is 31.1 Å². The van der Waals surface area contributed by atoms with Crippen LogP contribution in [0.3, 0.4) is 0 Å². The third kappa shape index (κ3) is 12.1. The zero-order chi connectivity index (χ0) is 45.3. The van der Waals surface area contributed by atoms with Crippen LogP contribution in [0.25, 0.3) is 22.5 Å². The molecule has 18 heteroatoms. The Morgan fingerprint density at radius 2 is 1.49 bits per heavy atom. The fourth-order valence-electron chi connectivity index (χ4n) is 8.23. The summed E-state index contributed by atoms with van der Waals surface area (Å²) in [6, 6.07) is 14.9. The summed E-state index contributed by atoms with van der Waals surface area (Å²) in [5, 5.41) is 82.1. The number of ether oxygens (including phenoxy) is 5. The first kappa shape index (κ1) is 48.7. The van der Waals surface area contributed by atoms with Crippen LogP contribution in [0.5, 0.6) is 0 Å². The number of rotatable bonds is 20. The van der Waals surface area contributed by atoms with Crippen molar-refractivity contribution in [1.82, 2.24) is 15.0 Å². The highest BCUT2D eigenvalue weighted by Gasteiger charge is 2.49. The SMILES string of the molecule is CC(C)(C)CCOCCOCCCC(=O)CCC(=O)N1Cc2ccccc2-c2c(nnn2COC[C@@H]2OC(CO)[C@@H](O[C@@H]3CC(CO)[C@H](O)[C@H](O)C3O)C(O)C2O)-c2ccccc21. The van der Waals surface area contributed by atoms with Crippen LogP contribution in [0.4, 0.5) is 5.69 Å². The van der Waals surface area contributed by atoms with Gasteiger partial charge >= 0.3 is 0 Å². The van der Waals surface area contributed by atoms with Crippen molar-refractivity contribution >= 4 is 17.4 Å². The van der Waals surface area contributed by atoms with Crippen molar-refractivity contribution in [3.8, 4) is 22.5 Å². The van der Waals surface area contributed by atoms with Gasteiger partial charge in [0.15, 0.2) is 0 Å². The van der Waals surface area contributed by atoms with E-state index in [1.165, 1.54) is 0 Å². The maximum atomic E-state index is 14.0. The number of aromatic nitrogens is 3. The molecule has 2 aliphatic heterocycles. The summed E-state index contributed by atoms with van der Waals surface area (Å²) >= 11 is 0. The molecule has 6 rings (SSSR count). The molecule has 1 saturated carbocycles. The molecule has 5 unspecified atom stereocenters. The molecule has 1 amide bonds. The monoisotopic (exact) mass is 884 g/mol. The minimum Gasteiger partial charge on any atom is -0.396 e. The molecule has 2 aromatic carbocycles. The number of benzene rings is 2. The molecule has 7 N–H and O–H groups in total. The Bertz CT molecular complexity index is 1940. The fourth-order valence-corrected chi connectivity index (χ4v) is 8.23. The second-order valence-corrected chi connectivity index (χ2v) is 17.8. The third-order valence-corrected chi connectivity index (χ3v) is 11.9. The molecule has 10 atom stereocenters. The van der Waals surface area contributed by atoms with Gasteiger partial charge in [-0.3, -0.25) is 9.59 Å². The van der Waals surface area contributed by atoms with Gasteiger partial charge in [0.05, 0.1) is 56.6 Å². The highest BCUT2D eigenvalue weighted by molar-refractivity contribution is 6.01. The molecular formula is C45H64N4O14. The Labute approximate surface area is 367 Å². The lowest BCUT2D eigenvalue weighted by atomic mass is 9.81. The smallest absolute Gasteiger partial charge is 0.227 e. The normalized spacial score (nSPS) is 27.2. The number of fused-ring (bicyclic) bond motifs is 5. The summed E-state index contributed by atoms with van der Waals surface area (Å²) in [6.07, 6.45) is -10.6. The van der Waals surface area contributed by atoms with Crippen molar-refractivity contribution in [3.63, 3.8) is 0 Å². The minimum absolute atomic E-state index is 0.0153. The number of aliphatic hydroxyl groups excluding tert-OH is 7. The summed E-state index contributed by atoms with van der Waals surface area (Å²) in [5.74, 6) is -1.04. The van der Waals surface area contributed by atoms with E-state index in [9.17, 15) is 45.3 Å². The van der Waals surface area contributed by atoms with E-state index in [4.69, 9.17) is 23.7 Å². The topological polar surface area (TPSA) is 256 Å². The third-order valence-electron chi connectivity index (χ3n) is 11.9. The van der Waals surface area contributed by atoms with Crippen molar-refractivity contribution in [2.24, 2.45) is 11.3 Å². The molecule has 0 bridgehead atoms. The quantitative estimate of drug-likeness (QED) is 0.0791. The number of Topliss-reactive ketones (excluding diaryl/α,β-unsaturated/α-hetero) is 1. The summed E-state index contributed by atoms with van der Waals surface area (Å²) < 4.78 is 30.6. The average Bonchev–Trinajstić information content (AvgIpc) is 3.68. The standard InChI is InChI=1S/C45H64N4O14/c1-45(2,3)16-18-60-20-19-59-17-8-10-29(52)14-15-36(53)48-22-27-9-4-5-11-30(27)38-37(31-12-6-7-13-32(31)48)46-47-49(38)26-61-25-35-41(56)43(58)44(34(24-51)62-35)63-33-21-28(23-50)39(54)42(57)40(33)55/h4-7,9,11-13,28,33-35,39-44,50-51,54-58H,8,10,14-26H2,1-3H3/t28?,33-,34?,35+,39+,40?,41?,42+,43?,44-/m1/s1. The van der Waals surface area contributed by atoms with Crippen LogP contribution in [-0.4, -0.2) is 164 Å². The van der Waals surface area contributed by atoms with Crippen LogP contribution < -0.4 is 4.90 Å². The van der Waals surface area contributed by atoms with Gasteiger partial charge in [0.1, 0.15) is 60.9 Å². The zero-order valence-electron chi connectivity index (χ0n) is 36.3. The maximum Gasteiger partial charge on any atom is 0.227 e. The van der Waals surface area contributed by atoms with Gasteiger partial charge in [-0.2, -0.15) is 0 Å². The average molecular weight is 885 g/mol. The number of carbonyl (C=O) groups is 2. The van der Waals surface area contributed by atoms with E-state index in [0.29, 0.717) is 61.9 Å². The number of carbonyl (C=O) groups excluding carboxylic acids is 2. The van der Waals surface area contributed by atoms with Gasteiger partial charge in [-0.25, -0.2) is 4.68 Å². The predicted octanol–water partition coefficient (Wildman–Crippen LogP) is 1.36. The first-order valence-electron chi connectivity index (χ1n) is 21.8. The van der Waals surface area contributed by atoms with Crippen molar-refractivity contribution in [2.45, 2.75) is 128 Å². The van der Waals surface area contributed by atoms with Crippen molar-refractivity contribution in [2.75, 3.05) is 51.1 Å². The summed E-state index contributed by atoms with van der Waals surface area (Å²) in [5.41, 5.74) is 4.13. The minimum atomic E-state index is -1.62. The lowest BCUT2D eigenvalue weighted by Crippen LogP contribution is -2.63. The first-order chi connectivity index (χ1) is 30.2. The van der Waals surface area contributed by atoms with Crippen molar-refractivity contribution < 1.29 is 69.0 Å². The lowest BCUT2D eigenvalue weighted by Gasteiger charge is -2.46. The number of anilines is 1. The highest BCUT2D eigenvalue weighted by Crippen LogP contribution is 2.41. The molecule has 1 aromatic heterocycles. The van der Waals surface area contributed by atoms with Gasteiger partial charge in [-0.05, 0) is 36.3 Å². The van der Waals surface area contributed by atoms with Crippen LogP contribution in [0.2, 0.25) is 0 Å². The lowest BCUT2D eigenvalue weighted by molar-refractivity contribution is -0.278. The second-order valence-electron chi connectivity index (χ2n) is 17.8. The molecule has 348 valence electrons. The number of hydrogen-bond donors (Lipinski definition) is 7. The molecule has 0 spiro atoms. The van der Waals surface area contributed by atoms with E-state index in [1.54, 1.807) is 9.58 Å². The van der Waals surface area contributed by atoms with Crippen molar-refractivity contribution in [1.29, 1.82) is 0 Å². The van der Waals surface area contributed by atoms with Crippen LogP contribution >= 0.6 is 0 Å². The fraction of sp³-hybridized carbons (Fsp3) is 0.644. The molecule has 3 aliphatic rings. The van der Waals surface area contributed by atoms with E-state index in [0.717, 1.165) is 17.5 Å². The number of aliphatic hydroxyl groups is 7. The molecule has 63 heavy (non-hydrogen) atoms. The van der Waals surface area contributed by atoms with E-state index in [1.807, 2.05) is 48.5 Å². The molecule has 3 heterocycles. The molecular weight excluding hydrogens is 821 g/mol. The van der Waals surface area contributed by atoms with Crippen LogP contribution in [0.15, 0.2) is 48.5 Å². The Morgan fingerprint density at radius 3 is 2.22 bits per heavy atom. The van der Waals surface area contributed by atoms with Crippen LogP contribution in [0.1, 0.15) is 64.9 Å². The Hall–Kier alpha value is -3.76. The molecule has 0 radical (unpaired) electrons. The van der Waals surface area contributed by atoms with E-state index in [-0.39, 0.29) is 56.3 Å². The summed E-state index contributed by atoms with van der Waals surface area (Å²) in [6.45, 7) is 7.27. The Balaban J connectivity index is 1.07. The van der Waals surface area contributed by atoms with Crippen LogP contribution in [-0.2, 0) is 46.5 Å². The van der Waals surface area contributed by atoms with Gasteiger partial charge in [0, 0.05) is 56.1 Å². The van der Waals surface area contributed by atoms with Crippen molar-refractivity contribution in [3.05, 3.63) is 54.1 Å². The largest absolute Gasteiger partial charge is 0.396 e. The molecule has 1 aliphatic carbocycles. The number of para-hydroxylation sites is 1. The maximum absolute atomic E-state index is 14.0. The predicted molar refractivity (Wildman–Crippen MR) is 227 cm³/mol.